The molecule has 0 nitrogen and oxygen atoms in total. The number of hydrogen-bond donors (Lipinski definition) is 0. The van der Waals surface area contributed by atoms with Crippen molar-refractivity contribution in [2.75, 3.05) is 0 Å². The van der Waals surface area contributed by atoms with E-state index in [-0.39, 0.29) is 0 Å². The molecule has 0 spiro atoms. The molecule has 0 saturated carbocycles. The van der Waals surface area contributed by atoms with Gasteiger partial charge in [-0.25, -0.2) is 0 Å². The first-order chi connectivity index (χ1) is 4.33. The molecular formula is C7H5ClS. The van der Waals surface area contributed by atoms with E-state index in [4.69, 9.17) is 18.0 Å². The minimum absolute atomic E-state index is 0.692. The third-order valence-corrected chi connectivity index (χ3v) is 2.18. The van der Waals surface area contributed by atoms with E-state index in [1.165, 1.54) is 0 Å². The Morgan fingerprint density at radius 3 is 3.00 bits per heavy atom. The Morgan fingerprint density at radius 2 is 2.56 bits per heavy atom. The molecule has 2 heteroatoms. The largest absolute Gasteiger partial charge is 0.146 e. The molecule has 0 radical (unpaired) electrons. The van der Waals surface area contributed by atoms with Crippen LogP contribution >= 0.6 is 22.9 Å². The van der Waals surface area contributed by atoms with Gasteiger partial charge < -0.3 is 0 Å². The van der Waals surface area contributed by atoms with Crippen LogP contribution < -0.4 is 0 Å². The Kier molecular flexibility index (Phi) is 2.16. The molecule has 0 fully saturated rings. The molecule has 0 bridgehead atoms. The molecule has 0 atom stereocenters. The first-order valence-corrected chi connectivity index (χ1v) is 3.75. The molecule has 0 N–H and O–H groups in total. The maximum absolute atomic E-state index is 5.64. The second-order valence-electron chi connectivity index (χ2n) is 1.61. The third-order valence-electron chi connectivity index (χ3n) is 0.898. The molecule has 0 aliphatic carbocycles. The van der Waals surface area contributed by atoms with Crippen LogP contribution in [0.4, 0.5) is 0 Å². The Balaban J connectivity index is 2.76. The van der Waals surface area contributed by atoms with Crippen LogP contribution in [0, 0.1) is 12.3 Å². The quantitative estimate of drug-likeness (QED) is 0.549. The van der Waals surface area contributed by atoms with Gasteiger partial charge in [0.05, 0.1) is 5.02 Å². The maximum Gasteiger partial charge on any atom is 0.0516 e. The van der Waals surface area contributed by atoms with Crippen molar-refractivity contribution in [1.29, 1.82) is 0 Å². The van der Waals surface area contributed by atoms with E-state index in [2.05, 4.69) is 5.92 Å². The Morgan fingerprint density at radius 1 is 1.78 bits per heavy atom. The van der Waals surface area contributed by atoms with E-state index in [1.54, 1.807) is 11.3 Å². The lowest BCUT2D eigenvalue weighted by Crippen LogP contribution is -1.68. The number of thiophene rings is 1. The van der Waals surface area contributed by atoms with E-state index in [1.807, 2.05) is 11.4 Å². The molecule has 0 amide bonds. The van der Waals surface area contributed by atoms with Gasteiger partial charge in [0.2, 0.25) is 0 Å². The average molecular weight is 157 g/mol. The van der Waals surface area contributed by atoms with Gasteiger partial charge in [0, 0.05) is 16.7 Å². The highest BCUT2D eigenvalue weighted by Crippen LogP contribution is 2.18. The second-order valence-corrected chi connectivity index (χ2v) is 3.04. The number of hydrogen-bond acceptors (Lipinski definition) is 1. The zero-order valence-corrected chi connectivity index (χ0v) is 6.30. The zero-order valence-electron chi connectivity index (χ0n) is 4.73. The summed E-state index contributed by atoms with van der Waals surface area (Å²) in [5, 5.41) is 2.67. The number of rotatable bonds is 1. The summed E-state index contributed by atoms with van der Waals surface area (Å²) in [5.41, 5.74) is 0. The van der Waals surface area contributed by atoms with Gasteiger partial charge in [-0.2, -0.15) is 0 Å². The zero-order chi connectivity index (χ0) is 6.69. The lowest BCUT2D eigenvalue weighted by atomic mass is 10.4. The van der Waals surface area contributed by atoms with E-state index in [9.17, 15) is 0 Å². The topological polar surface area (TPSA) is 0 Å². The summed E-state index contributed by atoms with van der Waals surface area (Å²) in [7, 11) is 0. The fourth-order valence-electron chi connectivity index (χ4n) is 0.547. The van der Waals surface area contributed by atoms with E-state index in [0.29, 0.717) is 6.42 Å². The maximum atomic E-state index is 5.64. The molecule has 1 rings (SSSR count). The fraction of sp³-hybridized carbons (Fsp3) is 0.143. The Labute approximate surface area is 63.5 Å². The number of terminal acetylenes is 1. The molecule has 0 aliphatic heterocycles. The van der Waals surface area contributed by atoms with Crippen molar-refractivity contribution >= 4 is 22.9 Å². The van der Waals surface area contributed by atoms with Crippen LogP contribution in [0.2, 0.25) is 5.02 Å². The highest BCUT2D eigenvalue weighted by Gasteiger charge is 1.92. The van der Waals surface area contributed by atoms with Gasteiger partial charge in [-0.05, 0) is 6.07 Å². The van der Waals surface area contributed by atoms with Crippen molar-refractivity contribution in [3.63, 3.8) is 0 Å². The summed E-state index contributed by atoms with van der Waals surface area (Å²) in [6.07, 6.45) is 5.78. The average Bonchev–Trinajstić information content (AvgIpc) is 2.17. The Bertz CT molecular complexity index is 231. The van der Waals surface area contributed by atoms with Crippen LogP contribution in [0.25, 0.3) is 0 Å². The molecule has 1 aromatic rings. The first kappa shape index (κ1) is 6.67. The fourth-order valence-corrected chi connectivity index (χ4v) is 1.57. The van der Waals surface area contributed by atoms with Crippen molar-refractivity contribution in [3.05, 3.63) is 21.3 Å². The van der Waals surface area contributed by atoms with Crippen LogP contribution in [0.3, 0.4) is 0 Å². The Hall–Kier alpha value is -0.450. The molecule has 0 unspecified atom stereocenters. The van der Waals surface area contributed by atoms with Gasteiger partial charge in [-0.15, -0.1) is 23.7 Å². The molecule has 0 aliphatic rings. The molecule has 0 aromatic carbocycles. The molecule has 46 valence electrons. The summed E-state index contributed by atoms with van der Waals surface area (Å²) >= 11 is 7.24. The minimum atomic E-state index is 0.692. The highest BCUT2D eigenvalue weighted by atomic mass is 35.5. The molecule has 1 aromatic heterocycles. The van der Waals surface area contributed by atoms with Gasteiger partial charge in [-0.3, -0.25) is 0 Å². The molecule has 0 saturated heterocycles. The standard InChI is InChI=1S/C7H5ClS/c1-2-3-7-4-6(8)5-9-7/h1,4-5H,3H2. The smallest absolute Gasteiger partial charge is 0.0516 e. The molecule has 1 heterocycles. The summed E-state index contributed by atoms with van der Waals surface area (Å²) < 4.78 is 0. The van der Waals surface area contributed by atoms with E-state index < -0.39 is 0 Å². The lowest BCUT2D eigenvalue weighted by Gasteiger charge is -1.79. The first-order valence-electron chi connectivity index (χ1n) is 2.49. The highest BCUT2D eigenvalue weighted by molar-refractivity contribution is 7.10. The summed E-state index contributed by atoms with van der Waals surface area (Å²) in [5.74, 6) is 2.55. The normalized spacial score (nSPS) is 8.89. The van der Waals surface area contributed by atoms with Crippen molar-refractivity contribution < 1.29 is 0 Å². The second kappa shape index (κ2) is 2.91. The van der Waals surface area contributed by atoms with Crippen LogP contribution in [-0.2, 0) is 6.42 Å². The van der Waals surface area contributed by atoms with Crippen LogP contribution in [0.15, 0.2) is 11.4 Å². The summed E-state index contributed by atoms with van der Waals surface area (Å²) in [6, 6.07) is 1.89. The van der Waals surface area contributed by atoms with E-state index >= 15 is 0 Å². The van der Waals surface area contributed by atoms with Gasteiger partial charge in [0.25, 0.3) is 0 Å². The van der Waals surface area contributed by atoms with Crippen molar-refractivity contribution in [1.82, 2.24) is 0 Å². The summed E-state index contributed by atoms with van der Waals surface area (Å²) in [4.78, 5) is 1.16. The SMILES string of the molecule is C#CCc1cc(Cl)cs1. The van der Waals surface area contributed by atoms with Gasteiger partial charge >= 0.3 is 0 Å². The summed E-state index contributed by atoms with van der Waals surface area (Å²) in [6.45, 7) is 0. The molecular weight excluding hydrogens is 152 g/mol. The lowest BCUT2D eigenvalue weighted by molar-refractivity contribution is 1.41. The van der Waals surface area contributed by atoms with Gasteiger partial charge in [0.15, 0.2) is 0 Å². The molecule has 9 heavy (non-hydrogen) atoms. The van der Waals surface area contributed by atoms with Gasteiger partial charge in [-0.1, -0.05) is 11.6 Å². The minimum Gasteiger partial charge on any atom is -0.146 e. The third kappa shape index (κ3) is 1.74. The predicted octanol–water partition coefficient (Wildman–Crippen LogP) is 2.58. The van der Waals surface area contributed by atoms with Crippen molar-refractivity contribution in [3.8, 4) is 12.3 Å². The van der Waals surface area contributed by atoms with Crippen LogP contribution in [-0.4, -0.2) is 0 Å². The van der Waals surface area contributed by atoms with Crippen LogP contribution in [0.5, 0.6) is 0 Å². The van der Waals surface area contributed by atoms with Crippen LogP contribution in [0.1, 0.15) is 4.88 Å². The van der Waals surface area contributed by atoms with Crippen molar-refractivity contribution in [2.45, 2.75) is 6.42 Å². The van der Waals surface area contributed by atoms with Gasteiger partial charge in [0.1, 0.15) is 0 Å². The monoisotopic (exact) mass is 156 g/mol. The number of halogens is 1. The van der Waals surface area contributed by atoms with E-state index in [0.717, 1.165) is 9.90 Å². The van der Waals surface area contributed by atoms with Crippen molar-refractivity contribution in [2.24, 2.45) is 0 Å². The predicted molar refractivity (Wildman–Crippen MR) is 41.9 cm³/mol.